The van der Waals surface area contributed by atoms with Crippen LogP contribution in [0.3, 0.4) is 0 Å². The largest absolute Gasteiger partial charge is 0.368 e. The average molecular weight is 173 g/mol. The molecule has 2 rings (SSSR count). The number of nitrogen functional groups attached to an aromatic ring is 1. The average Bonchev–Trinajstić information content (AvgIpc) is 2.19. The molecule has 2 heterocycles. The Hall–Kier alpha value is -2.04. The van der Waals surface area contributed by atoms with Gasteiger partial charge in [0.15, 0.2) is 0 Å². The Morgan fingerprint density at radius 1 is 1.15 bits per heavy atom. The van der Waals surface area contributed by atoms with E-state index in [1.807, 2.05) is 0 Å². The van der Waals surface area contributed by atoms with Crippen LogP contribution >= 0.6 is 0 Å². The molecular weight excluding hydrogens is 166 g/mol. The fraction of sp³-hybridized carbons (Fsp3) is 0. The van der Waals surface area contributed by atoms with E-state index in [1.165, 1.54) is 6.33 Å². The van der Waals surface area contributed by atoms with Gasteiger partial charge in [0.05, 0.1) is 5.69 Å². The predicted molar refractivity (Wildman–Crippen MR) is 47.5 cm³/mol. The first-order valence-corrected chi connectivity index (χ1v) is 3.70. The highest BCUT2D eigenvalue weighted by molar-refractivity contribution is 5.56. The molecule has 0 spiro atoms. The molecule has 2 aromatic rings. The standard InChI is InChI=1S/C8H7N5/c9-8-12-2-1-7(13-8)6-3-10-5-11-4-6/h1-5H,(H2,9,12,13). The first kappa shape index (κ1) is 7.60. The van der Waals surface area contributed by atoms with E-state index in [4.69, 9.17) is 5.73 Å². The second-order valence-electron chi connectivity index (χ2n) is 2.43. The van der Waals surface area contributed by atoms with Crippen LogP contribution in [0.2, 0.25) is 0 Å². The quantitative estimate of drug-likeness (QED) is 0.680. The molecule has 5 nitrogen and oxygen atoms in total. The number of aromatic nitrogens is 4. The van der Waals surface area contributed by atoms with E-state index in [9.17, 15) is 0 Å². The normalized spacial score (nSPS) is 9.85. The smallest absolute Gasteiger partial charge is 0.220 e. The van der Waals surface area contributed by atoms with Crippen LogP contribution in [0, 0.1) is 0 Å². The van der Waals surface area contributed by atoms with Gasteiger partial charge in [-0.25, -0.2) is 19.9 Å². The van der Waals surface area contributed by atoms with E-state index < -0.39 is 0 Å². The highest BCUT2D eigenvalue weighted by Crippen LogP contribution is 2.13. The van der Waals surface area contributed by atoms with Gasteiger partial charge < -0.3 is 5.73 Å². The number of anilines is 1. The van der Waals surface area contributed by atoms with E-state index in [0.717, 1.165) is 11.3 Å². The Labute approximate surface area is 74.7 Å². The maximum Gasteiger partial charge on any atom is 0.220 e. The molecule has 0 aromatic carbocycles. The van der Waals surface area contributed by atoms with Gasteiger partial charge in [0.1, 0.15) is 6.33 Å². The van der Waals surface area contributed by atoms with Gasteiger partial charge in [-0.3, -0.25) is 0 Å². The van der Waals surface area contributed by atoms with Crippen LogP contribution in [0.25, 0.3) is 11.3 Å². The van der Waals surface area contributed by atoms with Crippen molar-refractivity contribution in [3.63, 3.8) is 0 Å². The van der Waals surface area contributed by atoms with Crippen LogP contribution in [-0.2, 0) is 0 Å². The minimum absolute atomic E-state index is 0.251. The van der Waals surface area contributed by atoms with Gasteiger partial charge in [0.2, 0.25) is 5.95 Å². The van der Waals surface area contributed by atoms with Crippen molar-refractivity contribution in [2.24, 2.45) is 0 Å². The summed E-state index contributed by atoms with van der Waals surface area (Å²) in [4.78, 5) is 15.6. The molecule has 0 aliphatic carbocycles. The molecule has 0 unspecified atom stereocenters. The minimum atomic E-state index is 0.251. The van der Waals surface area contributed by atoms with Crippen LogP contribution in [0.5, 0.6) is 0 Å². The van der Waals surface area contributed by atoms with Crippen molar-refractivity contribution in [3.8, 4) is 11.3 Å². The van der Waals surface area contributed by atoms with Gasteiger partial charge in [0.25, 0.3) is 0 Å². The van der Waals surface area contributed by atoms with Crippen molar-refractivity contribution in [2.75, 3.05) is 5.73 Å². The van der Waals surface area contributed by atoms with Crippen molar-refractivity contribution in [1.29, 1.82) is 0 Å². The summed E-state index contributed by atoms with van der Waals surface area (Å²) in [7, 11) is 0. The number of nitrogens with zero attached hydrogens (tertiary/aromatic N) is 4. The number of hydrogen-bond donors (Lipinski definition) is 1. The summed E-state index contributed by atoms with van der Waals surface area (Å²) in [6, 6.07) is 1.76. The first-order chi connectivity index (χ1) is 6.36. The van der Waals surface area contributed by atoms with Crippen molar-refractivity contribution < 1.29 is 0 Å². The molecule has 13 heavy (non-hydrogen) atoms. The second-order valence-corrected chi connectivity index (χ2v) is 2.43. The lowest BCUT2D eigenvalue weighted by Gasteiger charge is -1.98. The maximum atomic E-state index is 5.43. The summed E-state index contributed by atoms with van der Waals surface area (Å²) in [5.74, 6) is 0.251. The molecule has 0 amide bonds. The van der Waals surface area contributed by atoms with E-state index in [-0.39, 0.29) is 5.95 Å². The molecular formula is C8H7N5. The van der Waals surface area contributed by atoms with Crippen LogP contribution in [0.4, 0.5) is 5.95 Å². The highest BCUT2D eigenvalue weighted by Gasteiger charge is 1.99. The van der Waals surface area contributed by atoms with Crippen molar-refractivity contribution in [2.45, 2.75) is 0 Å². The minimum Gasteiger partial charge on any atom is -0.368 e. The Bertz CT molecular complexity index is 400. The van der Waals surface area contributed by atoms with Gasteiger partial charge in [-0.05, 0) is 6.07 Å². The third kappa shape index (κ3) is 1.58. The molecule has 2 aromatic heterocycles. The topological polar surface area (TPSA) is 77.6 Å². The van der Waals surface area contributed by atoms with Crippen molar-refractivity contribution >= 4 is 5.95 Å². The molecule has 0 saturated heterocycles. The number of hydrogen-bond acceptors (Lipinski definition) is 5. The monoisotopic (exact) mass is 173 g/mol. The summed E-state index contributed by atoms with van der Waals surface area (Å²) < 4.78 is 0. The molecule has 0 aliphatic heterocycles. The van der Waals surface area contributed by atoms with Gasteiger partial charge >= 0.3 is 0 Å². The van der Waals surface area contributed by atoms with Crippen LogP contribution in [-0.4, -0.2) is 19.9 Å². The third-order valence-electron chi connectivity index (χ3n) is 1.53. The van der Waals surface area contributed by atoms with E-state index in [1.54, 1.807) is 24.7 Å². The van der Waals surface area contributed by atoms with E-state index in [0.29, 0.717) is 0 Å². The van der Waals surface area contributed by atoms with Crippen LogP contribution in [0.1, 0.15) is 0 Å². The van der Waals surface area contributed by atoms with E-state index in [2.05, 4.69) is 19.9 Å². The molecule has 64 valence electrons. The summed E-state index contributed by atoms with van der Waals surface area (Å²) in [6.07, 6.45) is 6.42. The summed E-state index contributed by atoms with van der Waals surface area (Å²) in [5, 5.41) is 0. The zero-order valence-electron chi connectivity index (χ0n) is 6.75. The predicted octanol–water partition coefficient (Wildman–Crippen LogP) is 0.516. The Balaban J connectivity index is 2.48. The van der Waals surface area contributed by atoms with Gasteiger partial charge in [0, 0.05) is 24.2 Å². The number of nitrogens with two attached hydrogens (primary N) is 1. The zero-order chi connectivity index (χ0) is 9.10. The zero-order valence-corrected chi connectivity index (χ0v) is 6.75. The summed E-state index contributed by atoms with van der Waals surface area (Å²) in [6.45, 7) is 0. The molecule has 0 saturated carbocycles. The molecule has 0 bridgehead atoms. The fourth-order valence-corrected chi connectivity index (χ4v) is 0.966. The molecule has 0 atom stereocenters. The summed E-state index contributed by atoms with van der Waals surface area (Å²) in [5.41, 5.74) is 6.99. The first-order valence-electron chi connectivity index (χ1n) is 3.70. The van der Waals surface area contributed by atoms with Gasteiger partial charge in [-0.1, -0.05) is 0 Å². The van der Waals surface area contributed by atoms with Crippen molar-refractivity contribution in [3.05, 3.63) is 31.0 Å². The van der Waals surface area contributed by atoms with Gasteiger partial charge in [-0.15, -0.1) is 0 Å². The molecule has 0 fully saturated rings. The highest BCUT2D eigenvalue weighted by atomic mass is 15.0. The fourth-order valence-electron chi connectivity index (χ4n) is 0.966. The molecule has 2 N–H and O–H groups in total. The third-order valence-corrected chi connectivity index (χ3v) is 1.53. The number of rotatable bonds is 1. The molecule has 5 heteroatoms. The Morgan fingerprint density at radius 3 is 2.62 bits per heavy atom. The van der Waals surface area contributed by atoms with Crippen LogP contribution in [0.15, 0.2) is 31.0 Å². The Kier molecular flexibility index (Phi) is 1.84. The van der Waals surface area contributed by atoms with Crippen molar-refractivity contribution in [1.82, 2.24) is 19.9 Å². The lowest BCUT2D eigenvalue weighted by atomic mass is 10.2. The lowest BCUT2D eigenvalue weighted by Crippen LogP contribution is -1.95. The van der Waals surface area contributed by atoms with Crippen LogP contribution < -0.4 is 5.73 Å². The maximum absolute atomic E-state index is 5.43. The second kappa shape index (κ2) is 3.14. The Morgan fingerprint density at radius 2 is 1.92 bits per heavy atom. The molecule has 0 radical (unpaired) electrons. The summed E-state index contributed by atoms with van der Waals surface area (Å²) >= 11 is 0. The van der Waals surface area contributed by atoms with Gasteiger partial charge in [-0.2, -0.15) is 0 Å². The SMILES string of the molecule is Nc1nccc(-c2cncnc2)n1. The van der Waals surface area contributed by atoms with E-state index >= 15 is 0 Å². The molecule has 0 aliphatic rings. The lowest BCUT2D eigenvalue weighted by molar-refractivity contribution is 1.14.